The van der Waals surface area contributed by atoms with Gasteiger partial charge in [-0.3, -0.25) is 9.59 Å². The fraction of sp³-hybridized carbons (Fsp3) is 0.250. The predicted molar refractivity (Wildman–Crippen MR) is 166 cm³/mol. The second-order valence-electron chi connectivity index (χ2n) is 10.2. The summed E-state index contributed by atoms with van der Waals surface area (Å²) < 4.78 is 42.7. The number of nitrogens with two attached hydrogens (primary N) is 1. The third-order valence-corrected chi connectivity index (χ3v) is 9.72. The molecule has 2 amide bonds. The summed E-state index contributed by atoms with van der Waals surface area (Å²) in [6.07, 6.45) is -4.31. The summed E-state index contributed by atoms with van der Waals surface area (Å²) in [4.78, 5) is 29.5. The summed E-state index contributed by atoms with van der Waals surface area (Å²) in [5, 5.41) is 0.540. The van der Waals surface area contributed by atoms with Gasteiger partial charge in [-0.25, -0.2) is 0 Å². The van der Waals surface area contributed by atoms with Crippen LogP contribution >= 0.6 is 35.0 Å². The van der Waals surface area contributed by atoms with Crippen molar-refractivity contribution in [3.05, 3.63) is 100 Å². The van der Waals surface area contributed by atoms with Crippen LogP contribution < -0.4 is 9.92 Å². The maximum Gasteiger partial charge on any atom is 0.390 e. The minimum atomic E-state index is -4.23. The van der Waals surface area contributed by atoms with Crippen molar-refractivity contribution in [3.8, 4) is 27.3 Å². The molecule has 224 valence electrons. The molecule has 43 heavy (non-hydrogen) atoms. The molecular weight excluding hydrogens is 617 g/mol. The Kier molecular flexibility index (Phi) is 9.39. The highest BCUT2D eigenvalue weighted by molar-refractivity contribution is 7.95. The van der Waals surface area contributed by atoms with Crippen LogP contribution in [0, 0.1) is 0 Å². The van der Waals surface area contributed by atoms with Crippen molar-refractivity contribution in [3.63, 3.8) is 0 Å². The van der Waals surface area contributed by atoms with E-state index in [2.05, 4.69) is 0 Å². The number of piperidine rings is 1. The van der Waals surface area contributed by atoms with E-state index < -0.39 is 23.9 Å². The minimum absolute atomic E-state index is 0.142. The molecule has 3 aromatic carbocycles. The Bertz CT molecular complexity index is 1590. The first-order valence-corrected chi connectivity index (χ1v) is 15.7. The van der Waals surface area contributed by atoms with Gasteiger partial charge in [-0.05, 0) is 48.2 Å². The fourth-order valence-electron chi connectivity index (χ4n) is 5.20. The highest BCUT2D eigenvalue weighted by Gasteiger charge is 2.42. The zero-order valence-corrected chi connectivity index (χ0v) is 25.3. The van der Waals surface area contributed by atoms with Gasteiger partial charge in [-0.2, -0.15) is 13.2 Å². The second kappa shape index (κ2) is 13.0. The Morgan fingerprint density at radius 3 is 2.23 bits per heavy atom. The highest BCUT2D eigenvalue weighted by Crippen LogP contribution is 2.44. The summed E-state index contributed by atoms with van der Waals surface area (Å²) in [5.41, 5.74) is 8.30. The minimum Gasteiger partial charge on any atom is -0.426 e. The highest BCUT2D eigenvalue weighted by atomic mass is 35.5. The van der Waals surface area contributed by atoms with Crippen molar-refractivity contribution in [1.82, 2.24) is 4.90 Å². The van der Waals surface area contributed by atoms with E-state index in [9.17, 15) is 22.8 Å². The van der Waals surface area contributed by atoms with E-state index in [0.717, 1.165) is 39.2 Å². The molecule has 1 fully saturated rings. The van der Waals surface area contributed by atoms with Gasteiger partial charge in [-0.15, -0.1) is 11.3 Å². The largest absolute Gasteiger partial charge is 0.426 e. The van der Waals surface area contributed by atoms with Crippen molar-refractivity contribution in [2.45, 2.75) is 30.9 Å². The van der Waals surface area contributed by atoms with Crippen LogP contribution in [0.2, 0.25) is 5.02 Å². The average molecular weight is 645 g/mol. The lowest BCUT2D eigenvalue weighted by atomic mass is 9.72. The van der Waals surface area contributed by atoms with E-state index in [1.807, 2.05) is 54.6 Å². The van der Waals surface area contributed by atoms with Crippen LogP contribution in [0.3, 0.4) is 0 Å². The normalized spacial score (nSPS) is 14.8. The summed E-state index contributed by atoms with van der Waals surface area (Å²) in [7, 11) is 0. The number of amides is 2. The van der Waals surface area contributed by atoms with Crippen molar-refractivity contribution in [2.75, 3.05) is 18.8 Å². The number of hydrogen-bond donors (Lipinski definition) is 1. The van der Waals surface area contributed by atoms with Gasteiger partial charge in [0.25, 0.3) is 5.91 Å². The van der Waals surface area contributed by atoms with Crippen molar-refractivity contribution >= 4 is 46.8 Å². The molecule has 1 aromatic heterocycles. The SMILES string of the molecule is NC(=O)C1(c2ccccc2)CCN(C(=O)c2cc(-c3ccc(OSCCC(F)(F)F)cc3)c(-c3ccccc3Cl)s2)CC1. The Morgan fingerprint density at radius 1 is 0.953 bits per heavy atom. The third-order valence-electron chi connectivity index (χ3n) is 7.55. The summed E-state index contributed by atoms with van der Waals surface area (Å²) in [5.74, 6) is -0.320. The van der Waals surface area contributed by atoms with Gasteiger partial charge in [0.1, 0.15) is 5.75 Å². The number of nitrogens with zero attached hydrogens (tertiary/aromatic N) is 1. The molecule has 1 aliphatic rings. The molecule has 0 bridgehead atoms. The lowest BCUT2D eigenvalue weighted by Crippen LogP contribution is -2.51. The summed E-state index contributed by atoms with van der Waals surface area (Å²) in [6.45, 7) is 0.757. The van der Waals surface area contributed by atoms with Crippen LogP contribution in [-0.4, -0.2) is 41.7 Å². The Hall–Kier alpha value is -3.47. The molecule has 11 heteroatoms. The van der Waals surface area contributed by atoms with Crippen LogP contribution in [0.5, 0.6) is 5.75 Å². The van der Waals surface area contributed by atoms with E-state index in [1.54, 1.807) is 35.2 Å². The molecule has 0 aliphatic carbocycles. The Labute approximate surface area is 261 Å². The van der Waals surface area contributed by atoms with E-state index >= 15 is 0 Å². The molecule has 1 aliphatic heterocycles. The first kappa shape index (κ1) is 31.0. The molecule has 0 unspecified atom stereocenters. The molecule has 0 atom stereocenters. The standard InChI is InChI=1S/C32H28ClF3N2O3S2/c33-26-9-5-4-8-24(26)28-25(21-10-12-23(13-11-21)41-42-19-16-32(34,35)36)20-27(43-28)29(39)38-17-14-31(15-18-38,30(37)40)22-6-2-1-3-7-22/h1-13,20H,14-19H2,(H2,37,40). The number of primary amides is 1. The molecular formula is C32H28ClF3N2O3S2. The van der Waals surface area contributed by atoms with Gasteiger partial charge < -0.3 is 14.8 Å². The van der Waals surface area contributed by atoms with E-state index in [-0.39, 0.29) is 11.7 Å². The van der Waals surface area contributed by atoms with Gasteiger partial charge >= 0.3 is 6.18 Å². The lowest BCUT2D eigenvalue weighted by Gasteiger charge is -2.40. The molecule has 5 rings (SSSR count). The molecule has 5 nitrogen and oxygen atoms in total. The number of rotatable bonds is 9. The molecule has 1 saturated heterocycles. The number of hydrogen-bond acceptors (Lipinski definition) is 5. The number of benzene rings is 3. The van der Waals surface area contributed by atoms with E-state index in [0.29, 0.717) is 41.6 Å². The number of alkyl halides is 3. The number of likely N-dealkylation sites (tertiary alicyclic amines) is 1. The topological polar surface area (TPSA) is 72.6 Å². The summed E-state index contributed by atoms with van der Waals surface area (Å²) in [6, 6.07) is 25.7. The number of carbonyl (C=O) groups is 2. The number of thiophene rings is 1. The van der Waals surface area contributed by atoms with Crippen LogP contribution in [-0.2, 0) is 10.2 Å². The average Bonchev–Trinajstić information content (AvgIpc) is 3.45. The quantitative estimate of drug-likeness (QED) is 0.147. The van der Waals surface area contributed by atoms with Crippen molar-refractivity contribution in [2.24, 2.45) is 5.73 Å². The Morgan fingerprint density at radius 2 is 1.60 bits per heavy atom. The predicted octanol–water partition coefficient (Wildman–Crippen LogP) is 8.37. The maximum atomic E-state index is 13.8. The van der Waals surface area contributed by atoms with Crippen LogP contribution in [0.4, 0.5) is 13.2 Å². The first-order valence-electron chi connectivity index (χ1n) is 13.6. The monoisotopic (exact) mass is 644 g/mol. The molecule has 0 spiro atoms. The van der Waals surface area contributed by atoms with Gasteiger partial charge in [0.05, 0.1) is 28.8 Å². The van der Waals surface area contributed by atoms with E-state index in [1.165, 1.54) is 11.3 Å². The molecule has 2 heterocycles. The van der Waals surface area contributed by atoms with E-state index in [4.69, 9.17) is 21.5 Å². The molecule has 0 radical (unpaired) electrons. The zero-order chi connectivity index (χ0) is 30.6. The maximum absolute atomic E-state index is 13.8. The smallest absolute Gasteiger partial charge is 0.390 e. The van der Waals surface area contributed by atoms with Gasteiger partial charge in [0, 0.05) is 39.9 Å². The van der Waals surface area contributed by atoms with Gasteiger partial charge in [0.2, 0.25) is 5.91 Å². The van der Waals surface area contributed by atoms with Crippen molar-refractivity contribution in [1.29, 1.82) is 0 Å². The summed E-state index contributed by atoms with van der Waals surface area (Å²) >= 11 is 8.65. The lowest BCUT2D eigenvalue weighted by molar-refractivity contribution is -0.129. The molecule has 0 saturated carbocycles. The molecule has 2 N–H and O–H groups in total. The van der Waals surface area contributed by atoms with Crippen LogP contribution in [0.1, 0.15) is 34.5 Å². The third kappa shape index (κ3) is 7.03. The molecule has 4 aromatic rings. The van der Waals surface area contributed by atoms with Gasteiger partial charge in [-0.1, -0.05) is 72.3 Å². The number of halogens is 4. The fourth-order valence-corrected chi connectivity index (χ4v) is 7.31. The first-order chi connectivity index (χ1) is 20.6. The zero-order valence-electron chi connectivity index (χ0n) is 22.9. The number of carbonyl (C=O) groups excluding carboxylic acids is 2. The van der Waals surface area contributed by atoms with Gasteiger partial charge in [0.15, 0.2) is 0 Å². The van der Waals surface area contributed by atoms with Crippen molar-refractivity contribution < 1.29 is 26.9 Å². The second-order valence-corrected chi connectivity index (χ2v) is 12.5. The van der Waals surface area contributed by atoms with Crippen LogP contribution in [0.15, 0.2) is 84.9 Å². The van der Waals surface area contributed by atoms with Crippen LogP contribution in [0.25, 0.3) is 21.6 Å². The Balaban J connectivity index is 1.38.